The van der Waals surface area contributed by atoms with Gasteiger partial charge in [-0.1, -0.05) is 0 Å². The molecule has 2 rings (SSSR count). The quantitative estimate of drug-likeness (QED) is 0.664. The van der Waals surface area contributed by atoms with Gasteiger partial charge in [0.25, 0.3) is 0 Å². The Kier molecular flexibility index (Phi) is 2.99. The number of halogens is 1. The molecule has 1 nitrogen and oxygen atoms in total. The van der Waals surface area contributed by atoms with Crippen molar-refractivity contribution in [3.63, 3.8) is 0 Å². The van der Waals surface area contributed by atoms with Crippen LogP contribution in [-0.2, 0) is 0 Å². The minimum absolute atomic E-state index is 0. The molecule has 0 unspecified atom stereocenters. The van der Waals surface area contributed by atoms with E-state index in [4.69, 9.17) is 0 Å². The first kappa shape index (κ1) is 8.35. The van der Waals surface area contributed by atoms with Crippen LogP contribution in [0.3, 0.4) is 0 Å². The van der Waals surface area contributed by atoms with Gasteiger partial charge >= 0.3 is 0 Å². The Hall–Kier alpha value is 0.250. The van der Waals surface area contributed by atoms with Crippen molar-refractivity contribution in [3.8, 4) is 0 Å². The average molecular weight is 162 g/mol. The first-order chi connectivity index (χ1) is 4.45. The van der Waals surface area contributed by atoms with Gasteiger partial charge in [0.05, 0.1) is 0 Å². The van der Waals surface area contributed by atoms with E-state index in [1.54, 1.807) is 0 Å². The lowest BCUT2D eigenvalue weighted by molar-refractivity contribution is 0.604. The number of nitrogens with one attached hydrogen (secondary N) is 1. The van der Waals surface area contributed by atoms with E-state index in [2.05, 4.69) is 5.32 Å². The molecule has 10 heavy (non-hydrogen) atoms. The summed E-state index contributed by atoms with van der Waals surface area (Å²) in [4.78, 5) is 0. The van der Waals surface area contributed by atoms with E-state index in [1.165, 1.54) is 38.8 Å². The topological polar surface area (TPSA) is 12.0 Å². The Bertz CT molecular complexity index is 85.4. The van der Waals surface area contributed by atoms with Crippen molar-refractivity contribution < 1.29 is 0 Å². The highest BCUT2D eigenvalue weighted by Gasteiger charge is 2.23. The molecule has 0 bridgehead atoms. The minimum Gasteiger partial charge on any atom is -0.316 e. The third-order valence-corrected chi connectivity index (χ3v) is 2.26. The first-order valence-electron chi connectivity index (χ1n) is 4.16. The molecule has 2 fully saturated rings. The van der Waals surface area contributed by atoms with Crippen LogP contribution < -0.4 is 5.32 Å². The lowest BCUT2D eigenvalue weighted by Crippen LogP contribution is -2.19. The van der Waals surface area contributed by atoms with E-state index < -0.39 is 0 Å². The summed E-state index contributed by atoms with van der Waals surface area (Å²) >= 11 is 0. The molecule has 60 valence electrons. The number of rotatable bonds is 4. The molecule has 0 heterocycles. The van der Waals surface area contributed by atoms with E-state index >= 15 is 0 Å². The van der Waals surface area contributed by atoms with Crippen LogP contribution in [0.2, 0.25) is 0 Å². The molecule has 0 aliphatic heterocycles. The second kappa shape index (κ2) is 3.59. The van der Waals surface area contributed by atoms with Crippen molar-refractivity contribution in [2.45, 2.75) is 25.7 Å². The van der Waals surface area contributed by atoms with Crippen molar-refractivity contribution in [2.75, 3.05) is 13.1 Å². The summed E-state index contributed by atoms with van der Waals surface area (Å²) in [5.41, 5.74) is 0. The van der Waals surface area contributed by atoms with Gasteiger partial charge in [-0.25, -0.2) is 0 Å². The fraction of sp³-hybridized carbons (Fsp3) is 1.00. The maximum absolute atomic E-state index is 3.51. The van der Waals surface area contributed by atoms with Crippen molar-refractivity contribution >= 4 is 12.4 Å². The maximum Gasteiger partial charge on any atom is -0.00204 e. The van der Waals surface area contributed by atoms with Crippen LogP contribution >= 0.6 is 12.4 Å². The largest absolute Gasteiger partial charge is 0.316 e. The predicted molar refractivity (Wildman–Crippen MR) is 45.6 cm³/mol. The lowest BCUT2D eigenvalue weighted by atomic mass is 10.4. The Morgan fingerprint density at radius 1 is 0.900 bits per heavy atom. The molecule has 2 aliphatic rings. The summed E-state index contributed by atoms with van der Waals surface area (Å²) in [6.07, 6.45) is 5.94. The molecule has 0 spiro atoms. The molecule has 2 aliphatic carbocycles. The minimum atomic E-state index is 0. The van der Waals surface area contributed by atoms with Crippen LogP contribution in [0.4, 0.5) is 0 Å². The molecule has 2 saturated carbocycles. The monoisotopic (exact) mass is 161 g/mol. The summed E-state index contributed by atoms with van der Waals surface area (Å²) in [6.45, 7) is 2.60. The molecule has 0 saturated heterocycles. The van der Waals surface area contributed by atoms with Crippen LogP contribution in [0.1, 0.15) is 25.7 Å². The molecule has 0 aromatic rings. The van der Waals surface area contributed by atoms with E-state index in [9.17, 15) is 0 Å². The fourth-order valence-corrected chi connectivity index (χ4v) is 1.14. The van der Waals surface area contributed by atoms with Crippen molar-refractivity contribution in [3.05, 3.63) is 0 Å². The Morgan fingerprint density at radius 2 is 1.30 bits per heavy atom. The number of hydrogen-bond acceptors (Lipinski definition) is 1. The van der Waals surface area contributed by atoms with Crippen molar-refractivity contribution in [1.29, 1.82) is 0 Å². The molecule has 0 radical (unpaired) electrons. The second-order valence-corrected chi connectivity index (χ2v) is 3.54. The standard InChI is InChI=1S/C8H15N.ClH/c1-2-7(1)5-9-6-8-3-4-8;/h7-9H,1-6H2;1H. The van der Waals surface area contributed by atoms with E-state index in [1.807, 2.05) is 0 Å². The van der Waals surface area contributed by atoms with Gasteiger partial charge < -0.3 is 5.32 Å². The second-order valence-electron chi connectivity index (χ2n) is 3.54. The molecule has 0 amide bonds. The van der Waals surface area contributed by atoms with Crippen LogP contribution in [0.15, 0.2) is 0 Å². The van der Waals surface area contributed by atoms with E-state index in [0.29, 0.717) is 0 Å². The summed E-state index contributed by atoms with van der Waals surface area (Å²) in [7, 11) is 0. The summed E-state index contributed by atoms with van der Waals surface area (Å²) in [6, 6.07) is 0. The van der Waals surface area contributed by atoms with Crippen LogP contribution in [0, 0.1) is 11.8 Å². The lowest BCUT2D eigenvalue weighted by Gasteiger charge is -1.98. The van der Waals surface area contributed by atoms with E-state index in [-0.39, 0.29) is 12.4 Å². The Balaban J connectivity index is 0.000000500. The number of hydrogen-bond donors (Lipinski definition) is 1. The van der Waals surface area contributed by atoms with Crippen molar-refractivity contribution in [2.24, 2.45) is 11.8 Å². The molecular formula is C8H16ClN. The summed E-state index contributed by atoms with van der Waals surface area (Å²) in [5.74, 6) is 2.12. The van der Waals surface area contributed by atoms with Gasteiger partial charge in [0.1, 0.15) is 0 Å². The Morgan fingerprint density at radius 3 is 1.60 bits per heavy atom. The van der Waals surface area contributed by atoms with Crippen LogP contribution in [-0.4, -0.2) is 13.1 Å². The average Bonchev–Trinajstić information content (AvgIpc) is 2.57. The molecule has 0 aromatic carbocycles. The smallest absolute Gasteiger partial charge is 0.00204 e. The fourth-order valence-electron chi connectivity index (χ4n) is 1.14. The third kappa shape index (κ3) is 2.89. The summed E-state index contributed by atoms with van der Waals surface area (Å²) in [5, 5.41) is 3.51. The maximum atomic E-state index is 3.51. The zero-order valence-corrected chi connectivity index (χ0v) is 7.12. The van der Waals surface area contributed by atoms with Gasteiger partial charge in [-0.3, -0.25) is 0 Å². The first-order valence-corrected chi connectivity index (χ1v) is 4.16. The third-order valence-electron chi connectivity index (χ3n) is 2.26. The zero-order chi connectivity index (χ0) is 6.10. The van der Waals surface area contributed by atoms with Crippen LogP contribution in [0.5, 0.6) is 0 Å². The van der Waals surface area contributed by atoms with Gasteiger partial charge in [-0.2, -0.15) is 0 Å². The predicted octanol–water partition coefficient (Wildman–Crippen LogP) is 1.82. The molecule has 0 atom stereocenters. The normalized spacial score (nSPS) is 24.0. The molecular weight excluding hydrogens is 146 g/mol. The van der Waals surface area contributed by atoms with Gasteiger partial charge in [0.15, 0.2) is 0 Å². The van der Waals surface area contributed by atoms with Gasteiger partial charge in [0.2, 0.25) is 0 Å². The molecule has 2 heteroatoms. The Labute approximate surface area is 69.0 Å². The van der Waals surface area contributed by atoms with Gasteiger partial charge in [0, 0.05) is 0 Å². The highest BCUT2D eigenvalue weighted by molar-refractivity contribution is 5.85. The van der Waals surface area contributed by atoms with Crippen LogP contribution in [0.25, 0.3) is 0 Å². The van der Waals surface area contributed by atoms with Gasteiger partial charge in [-0.15, -0.1) is 12.4 Å². The SMILES string of the molecule is C1CC1CNCC1CC1.Cl. The zero-order valence-electron chi connectivity index (χ0n) is 6.31. The summed E-state index contributed by atoms with van der Waals surface area (Å²) < 4.78 is 0. The van der Waals surface area contributed by atoms with Crippen molar-refractivity contribution in [1.82, 2.24) is 5.32 Å². The van der Waals surface area contributed by atoms with E-state index in [0.717, 1.165) is 11.8 Å². The highest BCUT2D eigenvalue weighted by Crippen LogP contribution is 2.30. The molecule has 0 aromatic heterocycles. The highest BCUT2D eigenvalue weighted by atomic mass is 35.5. The van der Waals surface area contributed by atoms with Gasteiger partial charge in [-0.05, 0) is 50.6 Å². The molecule has 1 N–H and O–H groups in total.